The Morgan fingerprint density at radius 3 is 2.71 bits per heavy atom. The number of carbonyl (C=O) groups excluding carboxylic acids is 1. The van der Waals surface area contributed by atoms with Gasteiger partial charge >= 0.3 is 0 Å². The number of hydrogen-bond acceptors (Lipinski definition) is 1. The molecular weight excluding hydrogens is 461 g/mol. The van der Waals surface area contributed by atoms with E-state index in [0.717, 1.165) is 26.2 Å². The molecule has 1 N–H and O–H groups in total. The van der Waals surface area contributed by atoms with Gasteiger partial charge in [0.25, 0.3) is 5.91 Å². The topological polar surface area (TPSA) is 29.1 Å². The van der Waals surface area contributed by atoms with Crippen molar-refractivity contribution in [3.05, 3.63) is 31.8 Å². The van der Waals surface area contributed by atoms with Gasteiger partial charge in [-0.1, -0.05) is 15.9 Å². The zero-order valence-corrected chi connectivity index (χ0v) is 14.4. The summed E-state index contributed by atoms with van der Waals surface area (Å²) in [6.45, 7) is 0. The van der Waals surface area contributed by atoms with Crippen LogP contribution in [-0.4, -0.2) is 16.8 Å². The van der Waals surface area contributed by atoms with E-state index in [4.69, 9.17) is 0 Å². The van der Waals surface area contributed by atoms with Gasteiger partial charge < -0.3 is 5.32 Å². The largest absolute Gasteiger partial charge is 0.346 e. The van der Waals surface area contributed by atoms with Crippen LogP contribution in [0.25, 0.3) is 0 Å². The smallest absolute Gasteiger partial charge is 0.252 e. The van der Waals surface area contributed by atoms with Crippen molar-refractivity contribution < 1.29 is 4.79 Å². The Balaban J connectivity index is 2.17. The van der Waals surface area contributed by atoms with Gasteiger partial charge in [0.15, 0.2) is 0 Å². The second kappa shape index (κ2) is 5.57. The highest BCUT2D eigenvalue weighted by Crippen LogP contribution is 2.34. The first-order valence-corrected chi connectivity index (χ1v) is 8.39. The average Bonchev–Trinajstić information content (AvgIpc) is 2.26. The van der Waals surface area contributed by atoms with Crippen molar-refractivity contribution in [1.82, 2.24) is 5.32 Å². The van der Waals surface area contributed by atoms with E-state index in [1.165, 1.54) is 6.42 Å². The number of benzene rings is 1. The number of hydrogen-bond donors (Lipinski definition) is 1. The minimum atomic E-state index is -0.0300. The molecule has 92 valence electrons. The van der Waals surface area contributed by atoms with Crippen LogP contribution in [0.2, 0.25) is 0 Å². The Bertz CT molecular complexity index is 441. The minimum absolute atomic E-state index is 0.00883. The van der Waals surface area contributed by atoms with Crippen LogP contribution in [0.5, 0.6) is 0 Å². The minimum Gasteiger partial charge on any atom is -0.346 e. The first-order valence-electron chi connectivity index (χ1n) is 5.40. The van der Waals surface area contributed by atoms with Gasteiger partial charge in [0.2, 0.25) is 0 Å². The van der Waals surface area contributed by atoms with Crippen molar-refractivity contribution >= 4 is 60.4 Å². The van der Waals surface area contributed by atoms with Gasteiger partial charge in [0.1, 0.15) is 0 Å². The molecule has 0 radical (unpaired) electrons. The number of halogens is 3. The van der Waals surface area contributed by atoms with Gasteiger partial charge in [0, 0.05) is 13.4 Å². The summed E-state index contributed by atoms with van der Waals surface area (Å²) in [6.07, 6.45) is 3.32. The Hall–Kier alpha value is 0.380. The maximum Gasteiger partial charge on any atom is 0.252 e. The molecule has 0 spiro atoms. The van der Waals surface area contributed by atoms with E-state index in [1.807, 2.05) is 18.2 Å². The zero-order chi connectivity index (χ0) is 12.5. The third-order valence-corrected chi connectivity index (χ3v) is 5.55. The highest BCUT2D eigenvalue weighted by Gasteiger charge is 2.37. The fourth-order valence-corrected chi connectivity index (χ4v) is 3.49. The van der Waals surface area contributed by atoms with Crippen LogP contribution in [0.1, 0.15) is 29.6 Å². The number of carbonyl (C=O) groups is 1. The molecular formula is C12H12Br2INO. The molecule has 1 aromatic rings. The second-order valence-corrected chi connectivity index (χ2v) is 7.01. The molecule has 1 aromatic carbocycles. The number of alkyl halides is 1. The van der Waals surface area contributed by atoms with E-state index >= 15 is 0 Å². The van der Waals surface area contributed by atoms with E-state index in [2.05, 4.69) is 59.8 Å². The molecule has 1 aliphatic carbocycles. The lowest BCUT2D eigenvalue weighted by Gasteiger charge is -2.41. The summed E-state index contributed by atoms with van der Waals surface area (Å²) >= 11 is 9.13. The predicted molar refractivity (Wildman–Crippen MR) is 84.7 cm³/mol. The van der Waals surface area contributed by atoms with Crippen molar-refractivity contribution in [3.63, 3.8) is 0 Å². The molecule has 0 aromatic heterocycles. The molecule has 0 saturated heterocycles. The number of amides is 1. The molecule has 17 heavy (non-hydrogen) atoms. The van der Waals surface area contributed by atoms with Crippen molar-refractivity contribution in [1.29, 1.82) is 0 Å². The molecule has 1 amide bonds. The van der Waals surface area contributed by atoms with Gasteiger partial charge in [-0.15, -0.1) is 0 Å². The van der Waals surface area contributed by atoms with Crippen LogP contribution >= 0.6 is 54.5 Å². The summed E-state index contributed by atoms with van der Waals surface area (Å²) in [6, 6.07) is 5.80. The van der Waals surface area contributed by atoms with E-state index in [-0.39, 0.29) is 11.4 Å². The number of nitrogens with one attached hydrogen (secondary N) is 1. The zero-order valence-electron chi connectivity index (χ0n) is 9.10. The van der Waals surface area contributed by atoms with Crippen molar-refractivity contribution in [3.8, 4) is 0 Å². The Morgan fingerprint density at radius 2 is 2.18 bits per heavy atom. The quantitative estimate of drug-likeness (QED) is 0.521. The first kappa shape index (κ1) is 13.8. The molecule has 1 aliphatic rings. The van der Waals surface area contributed by atoms with Crippen molar-refractivity contribution in [2.24, 2.45) is 0 Å². The summed E-state index contributed by atoms with van der Waals surface area (Å²) < 4.78 is 1.91. The third-order valence-electron chi connectivity index (χ3n) is 3.12. The Kier molecular flexibility index (Phi) is 4.52. The molecule has 0 unspecified atom stereocenters. The summed E-state index contributed by atoms with van der Waals surface area (Å²) in [5.74, 6) is 0.00883. The van der Waals surface area contributed by atoms with E-state index in [1.54, 1.807) is 0 Å². The Morgan fingerprint density at radius 1 is 1.47 bits per heavy atom. The third kappa shape index (κ3) is 3.04. The molecule has 0 atom stereocenters. The maximum absolute atomic E-state index is 12.2. The lowest BCUT2D eigenvalue weighted by atomic mass is 9.78. The van der Waals surface area contributed by atoms with Crippen LogP contribution in [-0.2, 0) is 0 Å². The SMILES string of the molecule is O=C(NC1(CBr)CCC1)c1cc(I)ccc1Br. The highest BCUT2D eigenvalue weighted by molar-refractivity contribution is 14.1. The van der Waals surface area contributed by atoms with Crippen LogP contribution in [0, 0.1) is 3.57 Å². The van der Waals surface area contributed by atoms with Crippen LogP contribution < -0.4 is 5.32 Å². The molecule has 5 heteroatoms. The Labute approximate surface area is 131 Å². The molecule has 0 bridgehead atoms. The van der Waals surface area contributed by atoms with Crippen LogP contribution in [0.3, 0.4) is 0 Å². The van der Waals surface area contributed by atoms with Gasteiger partial charge in [-0.25, -0.2) is 0 Å². The molecule has 0 aliphatic heterocycles. The highest BCUT2D eigenvalue weighted by atomic mass is 127. The normalized spacial score (nSPS) is 17.4. The van der Waals surface area contributed by atoms with Gasteiger partial charge in [-0.2, -0.15) is 0 Å². The lowest BCUT2D eigenvalue weighted by Crippen LogP contribution is -2.54. The fourth-order valence-electron chi connectivity index (χ4n) is 1.88. The van der Waals surface area contributed by atoms with Gasteiger partial charge in [-0.3, -0.25) is 4.79 Å². The lowest BCUT2D eigenvalue weighted by molar-refractivity contribution is 0.0855. The second-order valence-electron chi connectivity index (χ2n) is 4.35. The molecule has 1 fully saturated rings. The standard InChI is InChI=1S/C12H12Br2INO/c13-7-12(4-1-5-12)16-11(17)9-6-8(15)2-3-10(9)14/h2-3,6H,1,4-5,7H2,(H,16,17). The first-order chi connectivity index (χ1) is 8.06. The summed E-state index contributed by atoms with van der Waals surface area (Å²) in [4.78, 5) is 12.2. The van der Waals surface area contributed by atoms with Crippen LogP contribution in [0.4, 0.5) is 0 Å². The molecule has 2 nitrogen and oxygen atoms in total. The van der Waals surface area contributed by atoms with Gasteiger partial charge in [-0.05, 0) is 76.0 Å². The predicted octanol–water partition coefficient (Wildman–Crippen LogP) is 4.10. The fraction of sp³-hybridized carbons (Fsp3) is 0.417. The summed E-state index contributed by atoms with van der Waals surface area (Å²) in [5, 5.41) is 3.97. The van der Waals surface area contributed by atoms with Crippen molar-refractivity contribution in [2.75, 3.05) is 5.33 Å². The van der Waals surface area contributed by atoms with Gasteiger partial charge in [0.05, 0.1) is 11.1 Å². The maximum atomic E-state index is 12.2. The average molecular weight is 473 g/mol. The number of rotatable bonds is 3. The van der Waals surface area contributed by atoms with E-state index in [0.29, 0.717) is 5.56 Å². The molecule has 2 rings (SSSR count). The molecule has 1 saturated carbocycles. The van der Waals surface area contributed by atoms with E-state index in [9.17, 15) is 4.79 Å². The monoisotopic (exact) mass is 471 g/mol. The van der Waals surface area contributed by atoms with Crippen molar-refractivity contribution in [2.45, 2.75) is 24.8 Å². The summed E-state index contributed by atoms with van der Waals surface area (Å²) in [5.41, 5.74) is 0.682. The van der Waals surface area contributed by atoms with Crippen LogP contribution in [0.15, 0.2) is 22.7 Å². The summed E-state index contributed by atoms with van der Waals surface area (Å²) in [7, 11) is 0. The van der Waals surface area contributed by atoms with E-state index < -0.39 is 0 Å². The molecule has 0 heterocycles.